The molecule has 4 nitrogen and oxygen atoms in total. The summed E-state index contributed by atoms with van der Waals surface area (Å²) in [5.41, 5.74) is 2.26. The van der Waals surface area contributed by atoms with E-state index in [2.05, 4.69) is 27.4 Å². The first-order valence-corrected chi connectivity index (χ1v) is 9.73. The smallest absolute Gasteiger partial charge is 0.328 e. The Labute approximate surface area is 157 Å². The highest BCUT2D eigenvalue weighted by Crippen LogP contribution is 2.62. The highest BCUT2D eigenvalue weighted by Gasteiger charge is 2.56. The second kappa shape index (κ2) is 7.58. The van der Waals surface area contributed by atoms with Gasteiger partial charge in [-0.1, -0.05) is 38.5 Å². The van der Waals surface area contributed by atoms with Crippen molar-refractivity contribution in [2.75, 3.05) is 0 Å². The van der Waals surface area contributed by atoms with Gasteiger partial charge in [0.1, 0.15) is 6.10 Å². The third kappa shape index (κ3) is 4.05. The minimum atomic E-state index is -0.878. The number of allylic oxidation sites excluding steroid dienone is 2. The number of aliphatic carboxylic acids is 1. The molecule has 0 heterocycles. The fraction of sp³-hybridized carbons (Fsp3) is 0.727. The molecule has 0 radical (unpaired) electrons. The van der Waals surface area contributed by atoms with Gasteiger partial charge in [-0.05, 0) is 62.7 Å². The first kappa shape index (κ1) is 20.7. The summed E-state index contributed by atoms with van der Waals surface area (Å²) in [7, 11) is 0. The molecule has 0 aromatic heterocycles. The highest BCUT2D eigenvalue weighted by atomic mass is 16.5. The minimum Gasteiger partial charge on any atom is -0.478 e. The average molecular weight is 363 g/mol. The number of carbonyl (C=O) groups excluding carboxylic acids is 1. The Morgan fingerprint density at radius 1 is 1.27 bits per heavy atom. The van der Waals surface area contributed by atoms with Crippen LogP contribution >= 0.6 is 0 Å². The molecule has 2 saturated carbocycles. The summed E-state index contributed by atoms with van der Waals surface area (Å²) < 4.78 is 5.67. The van der Waals surface area contributed by atoms with Gasteiger partial charge in [0.05, 0.1) is 0 Å². The maximum Gasteiger partial charge on any atom is 0.328 e. The molecule has 26 heavy (non-hydrogen) atoms. The van der Waals surface area contributed by atoms with Crippen molar-refractivity contribution in [1.29, 1.82) is 0 Å². The van der Waals surface area contributed by atoms with Crippen LogP contribution in [0, 0.1) is 22.7 Å². The zero-order valence-corrected chi connectivity index (χ0v) is 16.9. The first-order chi connectivity index (χ1) is 12.0. The summed E-state index contributed by atoms with van der Waals surface area (Å²) in [5.74, 6) is -0.224. The Bertz CT molecular complexity index is 616. The molecule has 2 aliphatic rings. The lowest BCUT2D eigenvalue weighted by Crippen LogP contribution is -2.55. The van der Waals surface area contributed by atoms with Crippen molar-refractivity contribution in [2.24, 2.45) is 22.7 Å². The highest BCUT2D eigenvalue weighted by molar-refractivity contribution is 5.80. The topological polar surface area (TPSA) is 63.6 Å². The lowest BCUT2D eigenvalue weighted by atomic mass is 9.46. The van der Waals surface area contributed by atoms with Crippen LogP contribution in [0.25, 0.3) is 0 Å². The summed E-state index contributed by atoms with van der Waals surface area (Å²) in [4.78, 5) is 22.4. The minimum absolute atomic E-state index is 0.0290. The van der Waals surface area contributed by atoms with Crippen molar-refractivity contribution in [2.45, 2.75) is 79.2 Å². The summed E-state index contributed by atoms with van der Waals surface area (Å²) in [6, 6.07) is 0. The van der Waals surface area contributed by atoms with Gasteiger partial charge in [-0.2, -0.15) is 0 Å². The molecule has 0 saturated heterocycles. The Morgan fingerprint density at radius 2 is 1.92 bits per heavy atom. The first-order valence-electron chi connectivity index (χ1n) is 9.73. The molecular weight excluding hydrogens is 328 g/mol. The number of ether oxygens (including phenoxy) is 1. The lowest BCUT2D eigenvalue weighted by Gasteiger charge is -2.60. The van der Waals surface area contributed by atoms with Crippen molar-refractivity contribution in [3.05, 3.63) is 23.8 Å². The molecule has 0 bridgehead atoms. The number of carboxylic acid groups (broad SMARTS) is 1. The van der Waals surface area contributed by atoms with Crippen molar-refractivity contribution < 1.29 is 19.4 Å². The monoisotopic (exact) mass is 362 g/mol. The van der Waals surface area contributed by atoms with Gasteiger partial charge >= 0.3 is 11.9 Å². The van der Waals surface area contributed by atoms with E-state index < -0.39 is 5.97 Å². The van der Waals surface area contributed by atoms with E-state index in [1.807, 2.05) is 6.92 Å². The third-order valence-electron chi connectivity index (χ3n) is 7.02. The molecule has 146 valence electrons. The van der Waals surface area contributed by atoms with Crippen LogP contribution in [0.5, 0.6) is 0 Å². The predicted molar refractivity (Wildman–Crippen MR) is 103 cm³/mol. The van der Waals surface area contributed by atoms with Crippen molar-refractivity contribution in [1.82, 2.24) is 0 Å². The van der Waals surface area contributed by atoms with E-state index in [-0.39, 0.29) is 22.9 Å². The molecule has 0 aromatic carbocycles. The van der Waals surface area contributed by atoms with E-state index in [4.69, 9.17) is 9.84 Å². The van der Waals surface area contributed by atoms with Gasteiger partial charge in [0.25, 0.3) is 0 Å². The SMILES string of the molecule is C=C1CCC2C(C)(C)C(OC(C)=O)CCC2(C)C1CC/C(C)=C/C(=O)O. The van der Waals surface area contributed by atoms with Crippen LogP contribution in [0.3, 0.4) is 0 Å². The molecule has 0 aliphatic heterocycles. The molecule has 2 rings (SSSR count). The predicted octanol–water partition coefficient (Wildman–Crippen LogP) is 5.14. The van der Waals surface area contributed by atoms with Crippen LogP contribution in [0.15, 0.2) is 23.8 Å². The van der Waals surface area contributed by atoms with Gasteiger partial charge in [0.2, 0.25) is 0 Å². The zero-order valence-electron chi connectivity index (χ0n) is 16.9. The second-order valence-corrected chi connectivity index (χ2v) is 9.13. The van der Waals surface area contributed by atoms with Crippen LogP contribution < -0.4 is 0 Å². The number of hydrogen-bond acceptors (Lipinski definition) is 3. The zero-order chi connectivity index (χ0) is 19.7. The van der Waals surface area contributed by atoms with Crippen LogP contribution in [-0.4, -0.2) is 23.1 Å². The largest absolute Gasteiger partial charge is 0.478 e. The van der Waals surface area contributed by atoms with E-state index in [0.717, 1.165) is 44.1 Å². The van der Waals surface area contributed by atoms with Crippen molar-refractivity contribution >= 4 is 11.9 Å². The molecule has 2 fully saturated rings. The molecule has 0 spiro atoms. The Balaban J connectivity index is 2.23. The molecular formula is C22H34O4. The number of carbonyl (C=O) groups is 2. The Morgan fingerprint density at radius 3 is 2.50 bits per heavy atom. The van der Waals surface area contributed by atoms with Gasteiger partial charge in [-0.15, -0.1) is 0 Å². The van der Waals surface area contributed by atoms with Crippen molar-refractivity contribution in [3.8, 4) is 0 Å². The normalized spacial score (nSPS) is 34.1. The van der Waals surface area contributed by atoms with Crippen molar-refractivity contribution in [3.63, 3.8) is 0 Å². The fourth-order valence-corrected chi connectivity index (χ4v) is 5.75. The van der Waals surface area contributed by atoms with Crippen LogP contribution in [0.4, 0.5) is 0 Å². The van der Waals surface area contributed by atoms with E-state index in [0.29, 0.717) is 11.8 Å². The van der Waals surface area contributed by atoms with E-state index in [1.54, 1.807) is 0 Å². The van der Waals surface area contributed by atoms with Crippen LogP contribution in [-0.2, 0) is 14.3 Å². The average Bonchev–Trinajstić information content (AvgIpc) is 2.48. The maximum absolute atomic E-state index is 11.5. The van der Waals surface area contributed by atoms with Gasteiger partial charge in [-0.3, -0.25) is 4.79 Å². The number of fused-ring (bicyclic) bond motifs is 1. The second-order valence-electron chi connectivity index (χ2n) is 9.13. The Hall–Kier alpha value is -1.58. The molecule has 4 atom stereocenters. The van der Waals surface area contributed by atoms with Crippen LogP contribution in [0.1, 0.15) is 73.1 Å². The molecule has 2 aliphatic carbocycles. The summed E-state index contributed by atoms with van der Waals surface area (Å²) in [6.07, 6.45) is 6.99. The van der Waals surface area contributed by atoms with E-state index >= 15 is 0 Å². The number of carboxylic acids is 1. The number of rotatable bonds is 5. The maximum atomic E-state index is 11.5. The molecule has 4 heteroatoms. The third-order valence-corrected chi connectivity index (χ3v) is 7.02. The number of hydrogen-bond donors (Lipinski definition) is 1. The summed E-state index contributed by atoms with van der Waals surface area (Å²) in [6.45, 7) is 14.6. The Kier molecular flexibility index (Phi) is 6.04. The van der Waals surface area contributed by atoms with Gasteiger partial charge in [0, 0.05) is 18.4 Å². The molecule has 4 unspecified atom stereocenters. The van der Waals surface area contributed by atoms with E-state index in [9.17, 15) is 9.59 Å². The van der Waals surface area contributed by atoms with Gasteiger partial charge in [0.15, 0.2) is 0 Å². The van der Waals surface area contributed by atoms with Gasteiger partial charge in [-0.25, -0.2) is 4.79 Å². The summed E-state index contributed by atoms with van der Waals surface area (Å²) >= 11 is 0. The molecule has 1 N–H and O–H groups in total. The summed E-state index contributed by atoms with van der Waals surface area (Å²) in [5, 5.41) is 8.95. The molecule has 0 aromatic rings. The fourth-order valence-electron chi connectivity index (χ4n) is 5.75. The quantitative estimate of drug-likeness (QED) is 0.418. The number of esters is 1. The molecule has 0 amide bonds. The van der Waals surface area contributed by atoms with Gasteiger partial charge < -0.3 is 9.84 Å². The standard InChI is InChI=1S/C22H34O4/c1-14(13-20(24)25)7-9-17-15(2)8-10-18-21(4,5)19(26-16(3)23)11-12-22(17,18)6/h13,17-19H,2,7-12H2,1,3-6H3,(H,24,25)/b14-13+. The van der Waals surface area contributed by atoms with E-state index in [1.165, 1.54) is 18.6 Å². The van der Waals surface area contributed by atoms with Crippen LogP contribution in [0.2, 0.25) is 0 Å². The lowest BCUT2D eigenvalue weighted by molar-refractivity contribution is -0.174.